The Kier molecular flexibility index (Phi) is 4.65. The van der Waals surface area contributed by atoms with Crippen LogP contribution < -0.4 is 10.1 Å². The van der Waals surface area contributed by atoms with E-state index in [4.69, 9.17) is 4.74 Å². The van der Waals surface area contributed by atoms with Crippen molar-refractivity contribution < 1.29 is 14.3 Å². The molecular formula is C20H21NO3. The summed E-state index contributed by atoms with van der Waals surface area (Å²) in [6.45, 7) is 4.42. The van der Waals surface area contributed by atoms with E-state index < -0.39 is 0 Å². The molecule has 1 aliphatic rings. The lowest BCUT2D eigenvalue weighted by Crippen LogP contribution is -2.28. The first-order valence-electron chi connectivity index (χ1n) is 8.16. The third kappa shape index (κ3) is 3.32. The van der Waals surface area contributed by atoms with E-state index >= 15 is 0 Å². The number of rotatable bonds is 5. The fraction of sp³-hybridized carbons (Fsp3) is 0.300. The molecule has 1 N–H and O–H groups in total. The molecule has 2 aromatic carbocycles. The third-order valence-electron chi connectivity index (χ3n) is 4.38. The number of hydrogen-bond donors (Lipinski definition) is 1. The van der Waals surface area contributed by atoms with E-state index in [1.54, 1.807) is 6.07 Å². The van der Waals surface area contributed by atoms with Gasteiger partial charge < -0.3 is 10.1 Å². The second-order valence-electron chi connectivity index (χ2n) is 6.25. The summed E-state index contributed by atoms with van der Waals surface area (Å²) in [5.41, 5.74) is 3.84. The molecule has 0 heterocycles. The van der Waals surface area contributed by atoms with Gasteiger partial charge in [-0.1, -0.05) is 43.3 Å². The highest BCUT2D eigenvalue weighted by molar-refractivity contribution is 6.04. The van der Waals surface area contributed by atoms with Crippen molar-refractivity contribution in [2.24, 2.45) is 0 Å². The summed E-state index contributed by atoms with van der Waals surface area (Å²) in [5.74, 6) is 0.621. The monoisotopic (exact) mass is 323 g/mol. The molecule has 3 rings (SSSR count). The summed E-state index contributed by atoms with van der Waals surface area (Å²) in [7, 11) is 0. The molecule has 0 saturated carbocycles. The number of ketones is 1. The SMILES string of the molecule is Cc1ccc(OCC(=O)NCc2ccccc2)c2c1[C@@H](C)CC2=O. The van der Waals surface area contributed by atoms with Crippen LogP contribution in [0.25, 0.3) is 0 Å². The lowest BCUT2D eigenvalue weighted by atomic mass is 9.97. The van der Waals surface area contributed by atoms with Gasteiger partial charge in [-0.05, 0) is 35.6 Å². The van der Waals surface area contributed by atoms with E-state index in [-0.39, 0.29) is 24.2 Å². The number of aryl methyl sites for hydroxylation is 1. The van der Waals surface area contributed by atoms with Gasteiger partial charge >= 0.3 is 0 Å². The quantitative estimate of drug-likeness (QED) is 0.918. The number of hydrogen-bond acceptors (Lipinski definition) is 3. The molecule has 2 aromatic rings. The lowest BCUT2D eigenvalue weighted by Gasteiger charge is -2.13. The molecule has 4 nitrogen and oxygen atoms in total. The Bertz CT molecular complexity index is 768. The zero-order valence-corrected chi connectivity index (χ0v) is 14.0. The van der Waals surface area contributed by atoms with Crippen LogP contribution in [0.4, 0.5) is 0 Å². The fourth-order valence-electron chi connectivity index (χ4n) is 3.22. The van der Waals surface area contributed by atoms with Crippen LogP contribution in [0.5, 0.6) is 5.75 Å². The van der Waals surface area contributed by atoms with Crippen molar-refractivity contribution in [3.8, 4) is 5.75 Å². The Morgan fingerprint density at radius 2 is 1.96 bits per heavy atom. The molecule has 0 aliphatic heterocycles. The highest BCUT2D eigenvalue weighted by Gasteiger charge is 2.31. The summed E-state index contributed by atoms with van der Waals surface area (Å²) in [6.07, 6.45) is 0.511. The summed E-state index contributed by atoms with van der Waals surface area (Å²) >= 11 is 0. The molecule has 1 atom stereocenters. The molecule has 0 bridgehead atoms. The minimum Gasteiger partial charge on any atom is -0.483 e. The first-order chi connectivity index (χ1) is 11.6. The summed E-state index contributed by atoms with van der Waals surface area (Å²) in [4.78, 5) is 24.2. The highest BCUT2D eigenvalue weighted by atomic mass is 16.5. The second kappa shape index (κ2) is 6.87. The zero-order chi connectivity index (χ0) is 17.1. The fourth-order valence-corrected chi connectivity index (χ4v) is 3.22. The maximum Gasteiger partial charge on any atom is 0.258 e. The minimum atomic E-state index is -0.202. The summed E-state index contributed by atoms with van der Waals surface area (Å²) in [6, 6.07) is 13.4. The van der Waals surface area contributed by atoms with Gasteiger partial charge in [0.1, 0.15) is 5.75 Å². The normalized spacial score (nSPS) is 15.9. The Hall–Kier alpha value is -2.62. The van der Waals surface area contributed by atoms with Gasteiger partial charge in [-0.25, -0.2) is 0 Å². The molecule has 124 valence electrons. The van der Waals surface area contributed by atoms with Crippen LogP contribution in [-0.4, -0.2) is 18.3 Å². The number of benzene rings is 2. The van der Waals surface area contributed by atoms with Crippen LogP contribution in [0.15, 0.2) is 42.5 Å². The predicted molar refractivity (Wildman–Crippen MR) is 92.3 cm³/mol. The van der Waals surface area contributed by atoms with Crippen molar-refractivity contribution in [2.75, 3.05) is 6.61 Å². The maximum atomic E-state index is 12.2. The van der Waals surface area contributed by atoms with Crippen molar-refractivity contribution in [3.05, 3.63) is 64.7 Å². The van der Waals surface area contributed by atoms with Gasteiger partial charge in [0, 0.05) is 13.0 Å². The first-order valence-corrected chi connectivity index (χ1v) is 8.16. The minimum absolute atomic E-state index is 0.0933. The molecule has 1 amide bonds. The topological polar surface area (TPSA) is 55.4 Å². The molecule has 0 unspecified atom stereocenters. The average molecular weight is 323 g/mol. The third-order valence-corrected chi connectivity index (χ3v) is 4.38. The number of carbonyl (C=O) groups excluding carboxylic acids is 2. The largest absolute Gasteiger partial charge is 0.483 e. The van der Waals surface area contributed by atoms with Crippen molar-refractivity contribution in [1.82, 2.24) is 5.32 Å². The Morgan fingerprint density at radius 1 is 1.21 bits per heavy atom. The highest BCUT2D eigenvalue weighted by Crippen LogP contribution is 2.40. The van der Waals surface area contributed by atoms with Gasteiger partial charge in [0.2, 0.25) is 0 Å². The number of nitrogens with one attached hydrogen (secondary N) is 1. The summed E-state index contributed by atoms with van der Waals surface area (Å²) in [5, 5.41) is 2.82. The van der Waals surface area contributed by atoms with Crippen LogP contribution in [0, 0.1) is 6.92 Å². The van der Waals surface area contributed by atoms with Gasteiger partial charge in [0.25, 0.3) is 5.91 Å². The standard InChI is InChI=1S/C20H21NO3/c1-13-8-9-17(20-16(22)10-14(2)19(13)20)24-12-18(23)21-11-15-6-4-3-5-7-15/h3-9,14H,10-12H2,1-2H3,(H,21,23)/t14-/m0/s1. The smallest absolute Gasteiger partial charge is 0.258 e. The van der Waals surface area contributed by atoms with Crippen molar-refractivity contribution in [2.45, 2.75) is 32.7 Å². The molecule has 0 spiro atoms. The van der Waals surface area contributed by atoms with Crippen LogP contribution in [-0.2, 0) is 11.3 Å². The average Bonchev–Trinajstić information content (AvgIpc) is 2.89. The molecule has 4 heteroatoms. The van der Waals surface area contributed by atoms with Gasteiger partial charge in [-0.3, -0.25) is 9.59 Å². The first kappa shape index (κ1) is 16.2. The predicted octanol–water partition coefficient (Wildman–Crippen LogP) is 3.38. The van der Waals surface area contributed by atoms with Gasteiger partial charge in [-0.2, -0.15) is 0 Å². The van der Waals surface area contributed by atoms with Crippen LogP contribution in [0.2, 0.25) is 0 Å². The van der Waals surface area contributed by atoms with Gasteiger partial charge in [0.05, 0.1) is 5.56 Å². The van der Waals surface area contributed by atoms with E-state index in [0.717, 1.165) is 16.7 Å². The van der Waals surface area contributed by atoms with E-state index in [9.17, 15) is 9.59 Å². The van der Waals surface area contributed by atoms with Crippen LogP contribution in [0.3, 0.4) is 0 Å². The molecule has 0 saturated heterocycles. The van der Waals surface area contributed by atoms with E-state index in [1.807, 2.05) is 50.2 Å². The lowest BCUT2D eigenvalue weighted by molar-refractivity contribution is -0.123. The van der Waals surface area contributed by atoms with Crippen LogP contribution >= 0.6 is 0 Å². The molecule has 0 fully saturated rings. The van der Waals surface area contributed by atoms with Crippen molar-refractivity contribution >= 4 is 11.7 Å². The Morgan fingerprint density at radius 3 is 2.71 bits per heavy atom. The van der Waals surface area contributed by atoms with Gasteiger partial charge in [-0.15, -0.1) is 0 Å². The molecule has 1 aliphatic carbocycles. The van der Waals surface area contributed by atoms with E-state index in [1.165, 1.54) is 0 Å². The Labute approximate surface area is 141 Å². The molecule has 0 radical (unpaired) electrons. The number of amides is 1. The zero-order valence-electron chi connectivity index (χ0n) is 14.0. The molecular weight excluding hydrogens is 302 g/mol. The molecule has 24 heavy (non-hydrogen) atoms. The number of Topliss-reactive ketones (excluding diaryl/α,β-unsaturated/α-hetero) is 1. The van der Waals surface area contributed by atoms with Crippen LogP contribution in [0.1, 0.15) is 46.3 Å². The number of fused-ring (bicyclic) bond motifs is 1. The Balaban J connectivity index is 1.63. The van der Waals surface area contributed by atoms with Gasteiger partial charge in [0.15, 0.2) is 12.4 Å². The number of ether oxygens (including phenoxy) is 1. The van der Waals surface area contributed by atoms with E-state index in [2.05, 4.69) is 5.32 Å². The van der Waals surface area contributed by atoms with E-state index in [0.29, 0.717) is 24.3 Å². The number of carbonyl (C=O) groups is 2. The van der Waals surface area contributed by atoms with Crippen molar-refractivity contribution in [3.63, 3.8) is 0 Å². The maximum absolute atomic E-state index is 12.2. The summed E-state index contributed by atoms with van der Waals surface area (Å²) < 4.78 is 5.64. The van der Waals surface area contributed by atoms with Crippen molar-refractivity contribution in [1.29, 1.82) is 0 Å². The molecule has 0 aromatic heterocycles. The second-order valence-corrected chi connectivity index (χ2v) is 6.25.